The van der Waals surface area contributed by atoms with E-state index in [1.165, 1.54) is 6.42 Å². The molecular formula is C15H26ClN3O. The van der Waals surface area contributed by atoms with Crippen LogP contribution in [-0.2, 0) is 13.0 Å². The van der Waals surface area contributed by atoms with E-state index < -0.39 is 5.60 Å². The Bertz CT molecular complexity index is 413. The molecule has 0 bridgehead atoms. The molecule has 0 unspecified atom stereocenters. The molecule has 0 spiro atoms. The Labute approximate surface area is 126 Å². The van der Waals surface area contributed by atoms with E-state index in [1.54, 1.807) is 0 Å². The second-order valence-corrected chi connectivity index (χ2v) is 6.30. The molecule has 0 saturated heterocycles. The lowest BCUT2D eigenvalue weighted by atomic mass is 9.85. The monoisotopic (exact) mass is 299 g/mol. The molecule has 1 heterocycles. The minimum atomic E-state index is -0.532. The fraction of sp³-hybridized carbons (Fsp3) is 0.800. The summed E-state index contributed by atoms with van der Waals surface area (Å²) >= 11 is 6.14. The first-order chi connectivity index (χ1) is 9.63. The number of aryl methyl sites for hydroxylation is 1. The average Bonchev–Trinajstić information content (AvgIpc) is 2.78. The molecule has 0 aromatic carbocycles. The van der Waals surface area contributed by atoms with Crippen LogP contribution >= 0.6 is 11.6 Å². The average molecular weight is 300 g/mol. The van der Waals surface area contributed by atoms with Crippen LogP contribution in [0.2, 0.25) is 5.15 Å². The molecule has 20 heavy (non-hydrogen) atoms. The molecule has 0 aliphatic heterocycles. The minimum absolute atomic E-state index is 0.532. The fourth-order valence-corrected chi connectivity index (χ4v) is 3.04. The van der Waals surface area contributed by atoms with E-state index in [4.69, 9.17) is 11.6 Å². The summed E-state index contributed by atoms with van der Waals surface area (Å²) < 4.78 is 0. The van der Waals surface area contributed by atoms with E-state index in [1.807, 2.05) is 0 Å². The molecule has 1 aromatic heterocycles. The standard InChI is InChI=1S/C15H26ClN3O/c1-2-3-7-13-18-12(14(16)19-13)10-17-11-15(20)8-5-4-6-9-15/h17,20H,2-11H2,1H3,(H,18,19). The topological polar surface area (TPSA) is 60.9 Å². The summed E-state index contributed by atoms with van der Waals surface area (Å²) in [6.45, 7) is 3.44. The highest BCUT2D eigenvalue weighted by Crippen LogP contribution is 2.27. The van der Waals surface area contributed by atoms with Crippen LogP contribution in [0.3, 0.4) is 0 Å². The Morgan fingerprint density at radius 2 is 2.10 bits per heavy atom. The number of rotatable bonds is 7. The van der Waals surface area contributed by atoms with Crippen LogP contribution in [0.4, 0.5) is 0 Å². The first-order valence-electron chi connectivity index (χ1n) is 7.79. The van der Waals surface area contributed by atoms with E-state index in [0.29, 0.717) is 18.2 Å². The lowest BCUT2D eigenvalue weighted by molar-refractivity contribution is 0.00462. The largest absolute Gasteiger partial charge is 0.389 e. The predicted octanol–water partition coefficient (Wildman–Crippen LogP) is 3.19. The zero-order valence-electron chi connectivity index (χ0n) is 12.3. The van der Waals surface area contributed by atoms with E-state index in [2.05, 4.69) is 22.2 Å². The van der Waals surface area contributed by atoms with Gasteiger partial charge in [-0.05, 0) is 19.3 Å². The van der Waals surface area contributed by atoms with Crippen LogP contribution in [0, 0.1) is 0 Å². The molecule has 1 fully saturated rings. The number of aromatic nitrogens is 2. The van der Waals surface area contributed by atoms with Crippen molar-refractivity contribution < 1.29 is 5.11 Å². The second kappa shape index (κ2) is 7.43. The molecule has 0 atom stereocenters. The Morgan fingerprint density at radius 1 is 1.35 bits per heavy atom. The van der Waals surface area contributed by atoms with Crippen molar-refractivity contribution in [2.75, 3.05) is 6.54 Å². The van der Waals surface area contributed by atoms with Crippen molar-refractivity contribution in [3.63, 3.8) is 0 Å². The highest BCUT2D eigenvalue weighted by Gasteiger charge is 2.28. The first kappa shape index (κ1) is 15.8. The zero-order chi connectivity index (χ0) is 14.4. The van der Waals surface area contributed by atoms with Gasteiger partial charge in [0.2, 0.25) is 0 Å². The van der Waals surface area contributed by atoms with Crippen molar-refractivity contribution in [3.8, 4) is 0 Å². The number of unbranched alkanes of at least 4 members (excludes halogenated alkanes) is 1. The number of aliphatic hydroxyl groups is 1. The molecule has 1 aliphatic rings. The van der Waals surface area contributed by atoms with Gasteiger partial charge in [-0.1, -0.05) is 44.2 Å². The van der Waals surface area contributed by atoms with Gasteiger partial charge in [0, 0.05) is 19.5 Å². The number of nitrogens with one attached hydrogen (secondary N) is 2. The summed E-state index contributed by atoms with van der Waals surface area (Å²) in [4.78, 5) is 7.62. The van der Waals surface area contributed by atoms with Crippen molar-refractivity contribution >= 4 is 11.6 Å². The van der Waals surface area contributed by atoms with Crippen LogP contribution < -0.4 is 5.32 Å². The highest BCUT2D eigenvalue weighted by molar-refractivity contribution is 6.30. The van der Waals surface area contributed by atoms with Gasteiger partial charge < -0.3 is 15.4 Å². The van der Waals surface area contributed by atoms with E-state index in [0.717, 1.165) is 56.5 Å². The van der Waals surface area contributed by atoms with Crippen LogP contribution in [0.5, 0.6) is 0 Å². The van der Waals surface area contributed by atoms with Crippen LogP contribution in [0.15, 0.2) is 0 Å². The van der Waals surface area contributed by atoms with Crippen molar-refractivity contribution in [2.45, 2.75) is 70.4 Å². The summed E-state index contributed by atoms with van der Waals surface area (Å²) in [7, 11) is 0. The van der Waals surface area contributed by atoms with Crippen molar-refractivity contribution in [1.82, 2.24) is 15.3 Å². The summed E-state index contributed by atoms with van der Waals surface area (Å²) in [6, 6.07) is 0. The Morgan fingerprint density at radius 3 is 2.80 bits per heavy atom. The molecule has 114 valence electrons. The van der Waals surface area contributed by atoms with Gasteiger partial charge >= 0.3 is 0 Å². The summed E-state index contributed by atoms with van der Waals surface area (Å²) in [6.07, 6.45) is 8.52. The first-order valence-corrected chi connectivity index (χ1v) is 8.17. The van der Waals surface area contributed by atoms with Crippen LogP contribution in [0.25, 0.3) is 0 Å². The van der Waals surface area contributed by atoms with E-state index >= 15 is 0 Å². The van der Waals surface area contributed by atoms with Crippen molar-refractivity contribution in [2.24, 2.45) is 0 Å². The number of imidazole rings is 1. The van der Waals surface area contributed by atoms with E-state index in [9.17, 15) is 5.11 Å². The number of H-pyrrole nitrogens is 1. The maximum Gasteiger partial charge on any atom is 0.151 e. The lowest BCUT2D eigenvalue weighted by Crippen LogP contribution is -2.41. The van der Waals surface area contributed by atoms with Gasteiger partial charge in [-0.25, -0.2) is 4.98 Å². The lowest BCUT2D eigenvalue weighted by Gasteiger charge is -2.32. The van der Waals surface area contributed by atoms with Gasteiger partial charge in [0.15, 0.2) is 5.15 Å². The molecule has 0 radical (unpaired) electrons. The normalized spacial score (nSPS) is 18.4. The number of halogens is 1. The van der Waals surface area contributed by atoms with Gasteiger partial charge in [-0.3, -0.25) is 0 Å². The number of nitrogens with zero attached hydrogens (tertiary/aromatic N) is 1. The Kier molecular flexibility index (Phi) is 5.87. The molecule has 1 saturated carbocycles. The summed E-state index contributed by atoms with van der Waals surface area (Å²) in [5.41, 5.74) is 0.396. The fourth-order valence-electron chi connectivity index (χ4n) is 2.83. The molecule has 2 rings (SSSR count). The van der Waals surface area contributed by atoms with Gasteiger partial charge in [0.25, 0.3) is 0 Å². The van der Waals surface area contributed by atoms with Crippen LogP contribution in [0.1, 0.15) is 63.4 Å². The zero-order valence-corrected chi connectivity index (χ0v) is 13.1. The third kappa shape index (κ3) is 4.47. The van der Waals surface area contributed by atoms with Crippen LogP contribution in [-0.4, -0.2) is 27.2 Å². The van der Waals surface area contributed by atoms with Crippen molar-refractivity contribution in [3.05, 3.63) is 16.7 Å². The smallest absolute Gasteiger partial charge is 0.151 e. The second-order valence-electron chi connectivity index (χ2n) is 5.94. The van der Waals surface area contributed by atoms with Gasteiger partial charge in [0.05, 0.1) is 11.3 Å². The van der Waals surface area contributed by atoms with Gasteiger partial charge in [-0.15, -0.1) is 0 Å². The number of hydrogen-bond donors (Lipinski definition) is 3. The Balaban J connectivity index is 1.79. The quantitative estimate of drug-likeness (QED) is 0.724. The highest BCUT2D eigenvalue weighted by atomic mass is 35.5. The number of aromatic amines is 1. The molecule has 4 nitrogen and oxygen atoms in total. The predicted molar refractivity (Wildman–Crippen MR) is 82.0 cm³/mol. The van der Waals surface area contributed by atoms with Gasteiger partial charge in [0.1, 0.15) is 5.82 Å². The minimum Gasteiger partial charge on any atom is -0.389 e. The van der Waals surface area contributed by atoms with Gasteiger partial charge in [-0.2, -0.15) is 0 Å². The maximum absolute atomic E-state index is 10.4. The molecule has 3 N–H and O–H groups in total. The maximum atomic E-state index is 10.4. The number of hydrogen-bond acceptors (Lipinski definition) is 3. The summed E-state index contributed by atoms with van der Waals surface area (Å²) in [5.74, 6) is 0.963. The molecule has 5 heteroatoms. The van der Waals surface area contributed by atoms with Crippen molar-refractivity contribution in [1.29, 1.82) is 0 Å². The Hall–Kier alpha value is -0.580. The summed E-state index contributed by atoms with van der Waals surface area (Å²) in [5, 5.41) is 14.3. The van der Waals surface area contributed by atoms with E-state index in [-0.39, 0.29) is 0 Å². The molecular weight excluding hydrogens is 274 g/mol. The third-order valence-electron chi connectivity index (χ3n) is 4.08. The molecule has 1 aromatic rings. The molecule has 0 amide bonds. The SMILES string of the molecule is CCCCc1nc(Cl)c(CNCC2(O)CCCCC2)[nH]1. The molecule has 1 aliphatic carbocycles. The third-order valence-corrected chi connectivity index (χ3v) is 4.40.